The molecule has 0 radical (unpaired) electrons. The minimum atomic E-state index is 0.00351. The standard InChI is InChI=1S/C9H16N4O/c1-8(14)11-4-3-10-7-9-12-5-6-13(9)2/h5-6,10H,3-4,7H2,1-2H3,(H,11,14). The highest BCUT2D eigenvalue weighted by Gasteiger charge is 1.97. The molecule has 0 aromatic carbocycles. The van der Waals surface area contributed by atoms with E-state index in [-0.39, 0.29) is 5.91 Å². The van der Waals surface area contributed by atoms with Gasteiger partial charge in [0.25, 0.3) is 0 Å². The van der Waals surface area contributed by atoms with Crippen LogP contribution in [0.1, 0.15) is 12.7 Å². The lowest BCUT2D eigenvalue weighted by molar-refractivity contribution is -0.118. The van der Waals surface area contributed by atoms with Gasteiger partial charge in [-0.25, -0.2) is 4.98 Å². The summed E-state index contributed by atoms with van der Waals surface area (Å²) in [6.07, 6.45) is 3.68. The van der Waals surface area contributed by atoms with Gasteiger partial charge in [0, 0.05) is 39.5 Å². The zero-order valence-corrected chi connectivity index (χ0v) is 8.58. The van der Waals surface area contributed by atoms with Gasteiger partial charge in [0.15, 0.2) is 0 Å². The quantitative estimate of drug-likeness (QED) is 0.633. The molecule has 0 bridgehead atoms. The van der Waals surface area contributed by atoms with E-state index in [4.69, 9.17) is 0 Å². The van der Waals surface area contributed by atoms with Gasteiger partial charge in [0.05, 0.1) is 6.54 Å². The van der Waals surface area contributed by atoms with Crippen LogP contribution in [0.4, 0.5) is 0 Å². The van der Waals surface area contributed by atoms with E-state index in [1.165, 1.54) is 6.92 Å². The minimum absolute atomic E-state index is 0.00351. The summed E-state index contributed by atoms with van der Waals surface area (Å²) in [7, 11) is 1.96. The van der Waals surface area contributed by atoms with E-state index in [0.717, 1.165) is 18.9 Å². The van der Waals surface area contributed by atoms with Crippen LogP contribution in [0.2, 0.25) is 0 Å². The van der Waals surface area contributed by atoms with Crippen molar-refractivity contribution in [2.45, 2.75) is 13.5 Å². The molecule has 1 aromatic rings. The highest BCUT2D eigenvalue weighted by Crippen LogP contribution is 1.91. The lowest BCUT2D eigenvalue weighted by Crippen LogP contribution is -2.30. The van der Waals surface area contributed by atoms with Crippen LogP contribution in [0.15, 0.2) is 12.4 Å². The van der Waals surface area contributed by atoms with E-state index in [1.54, 1.807) is 6.20 Å². The van der Waals surface area contributed by atoms with Crippen LogP contribution >= 0.6 is 0 Å². The SMILES string of the molecule is CC(=O)NCCNCc1nccn1C. The summed E-state index contributed by atoms with van der Waals surface area (Å²) in [6.45, 7) is 3.65. The molecule has 0 spiro atoms. The van der Waals surface area contributed by atoms with Crippen molar-refractivity contribution in [1.29, 1.82) is 0 Å². The first-order valence-corrected chi connectivity index (χ1v) is 4.61. The Kier molecular flexibility index (Phi) is 4.12. The molecule has 0 fully saturated rings. The third kappa shape index (κ3) is 3.57. The van der Waals surface area contributed by atoms with Gasteiger partial charge in [-0.05, 0) is 0 Å². The van der Waals surface area contributed by atoms with Gasteiger partial charge in [-0.2, -0.15) is 0 Å². The second-order valence-electron chi connectivity index (χ2n) is 3.11. The molecule has 78 valence electrons. The molecular weight excluding hydrogens is 180 g/mol. The van der Waals surface area contributed by atoms with Gasteiger partial charge in [0.1, 0.15) is 5.82 Å². The average Bonchev–Trinajstić information content (AvgIpc) is 2.51. The Balaban J connectivity index is 2.10. The molecule has 0 aliphatic carbocycles. The molecule has 14 heavy (non-hydrogen) atoms. The zero-order chi connectivity index (χ0) is 10.4. The van der Waals surface area contributed by atoms with E-state index < -0.39 is 0 Å². The molecule has 2 N–H and O–H groups in total. The number of aromatic nitrogens is 2. The topological polar surface area (TPSA) is 59.0 Å². The first-order chi connectivity index (χ1) is 6.70. The van der Waals surface area contributed by atoms with Crippen LogP contribution in [0.5, 0.6) is 0 Å². The minimum Gasteiger partial charge on any atom is -0.355 e. The Morgan fingerprint density at radius 2 is 2.36 bits per heavy atom. The van der Waals surface area contributed by atoms with Crippen molar-refractivity contribution in [3.05, 3.63) is 18.2 Å². The number of carbonyl (C=O) groups excluding carboxylic acids is 1. The molecule has 1 amide bonds. The Morgan fingerprint density at radius 3 is 2.93 bits per heavy atom. The molecule has 0 atom stereocenters. The first-order valence-electron chi connectivity index (χ1n) is 4.61. The fraction of sp³-hybridized carbons (Fsp3) is 0.556. The molecule has 5 nitrogen and oxygen atoms in total. The van der Waals surface area contributed by atoms with Crippen LogP contribution in [-0.2, 0) is 18.4 Å². The van der Waals surface area contributed by atoms with Crippen molar-refractivity contribution in [3.8, 4) is 0 Å². The van der Waals surface area contributed by atoms with Crippen molar-refractivity contribution in [2.24, 2.45) is 7.05 Å². The van der Waals surface area contributed by atoms with Gasteiger partial charge < -0.3 is 15.2 Å². The molecule has 1 rings (SSSR count). The van der Waals surface area contributed by atoms with Crippen LogP contribution in [-0.4, -0.2) is 28.5 Å². The molecule has 0 saturated heterocycles. The Morgan fingerprint density at radius 1 is 1.57 bits per heavy atom. The first kappa shape index (κ1) is 10.7. The van der Waals surface area contributed by atoms with Gasteiger partial charge in [-0.1, -0.05) is 0 Å². The normalized spacial score (nSPS) is 10.1. The Bertz CT molecular complexity index is 295. The number of amides is 1. The third-order valence-electron chi connectivity index (χ3n) is 1.88. The number of hydrogen-bond donors (Lipinski definition) is 2. The highest BCUT2D eigenvalue weighted by atomic mass is 16.1. The van der Waals surface area contributed by atoms with E-state index >= 15 is 0 Å². The Labute approximate surface area is 83.5 Å². The summed E-state index contributed by atoms with van der Waals surface area (Å²) in [4.78, 5) is 14.7. The summed E-state index contributed by atoms with van der Waals surface area (Å²) in [5, 5.41) is 5.90. The second kappa shape index (κ2) is 5.39. The monoisotopic (exact) mass is 196 g/mol. The fourth-order valence-electron chi connectivity index (χ4n) is 1.09. The lowest BCUT2D eigenvalue weighted by Gasteiger charge is -2.05. The molecular formula is C9H16N4O. The summed E-state index contributed by atoms with van der Waals surface area (Å²) in [5.41, 5.74) is 0. The van der Waals surface area contributed by atoms with Gasteiger partial charge in [-0.15, -0.1) is 0 Å². The number of carbonyl (C=O) groups is 1. The molecule has 1 aromatic heterocycles. The predicted octanol–water partition coefficient (Wildman–Crippen LogP) is -0.354. The van der Waals surface area contributed by atoms with Gasteiger partial charge in [-0.3, -0.25) is 4.79 Å². The molecule has 0 aliphatic rings. The van der Waals surface area contributed by atoms with E-state index in [1.807, 2.05) is 17.8 Å². The number of nitrogens with zero attached hydrogens (tertiary/aromatic N) is 2. The predicted molar refractivity (Wildman–Crippen MR) is 53.6 cm³/mol. The Hall–Kier alpha value is -1.36. The number of aryl methyl sites for hydroxylation is 1. The molecule has 0 saturated carbocycles. The molecule has 0 aliphatic heterocycles. The highest BCUT2D eigenvalue weighted by molar-refractivity contribution is 5.72. The molecule has 0 unspecified atom stereocenters. The van der Waals surface area contributed by atoms with Crippen LogP contribution in [0, 0.1) is 0 Å². The fourth-order valence-corrected chi connectivity index (χ4v) is 1.09. The summed E-state index contributed by atoms with van der Waals surface area (Å²) in [5.74, 6) is 0.997. The lowest BCUT2D eigenvalue weighted by atomic mass is 10.5. The maximum atomic E-state index is 10.5. The van der Waals surface area contributed by atoms with Crippen molar-refractivity contribution in [2.75, 3.05) is 13.1 Å². The van der Waals surface area contributed by atoms with Gasteiger partial charge >= 0.3 is 0 Å². The van der Waals surface area contributed by atoms with Crippen molar-refractivity contribution < 1.29 is 4.79 Å². The number of rotatable bonds is 5. The number of hydrogen-bond acceptors (Lipinski definition) is 3. The van der Waals surface area contributed by atoms with E-state index in [0.29, 0.717) is 6.54 Å². The van der Waals surface area contributed by atoms with Crippen LogP contribution < -0.4 is 10.6 Å². The maximum absolute atomic E-state index is 10.5. The van der Waals surface area contributed by atoms with Crippen molar-refractivity contribution in [3.63, 3.8) is 0 Å². The van der Waals surface area contributed by atoms with Crippen molar-refractivity contribution in [1.82, 2.24) is 20.2 Å². The van der Waals surface area contributed by atoms with Crippen LogP contribution in [0.3, 0.4) is 0 Å². The second-order valence-corrected chi connectivity index (χ2v) is 3.11. The largest absolute Gasteiger partial charge is 0.355 e. The third-order valence-corrected chi connectivity index (χ3v) is 1.88. The summed E-state index contributed by atoms with van der Waals surface area (Å²) >= 11 is 0. The summed E-state index contributed by atoms with van der Waals surface area (Å²) < 4.78 is 1.96. The molecule has 1 heterocycles. The number of nitrogens with one attached hydrogen (secondary N) is 2. The smallest absolute Gasteiger partial charge is 0.216 e. The summed E-state index contributed by atoms with van der Waals surface area (Å²) in [6, 6.07) is 0. The zero-order valence-electron chi connectivity index (χ0n) is 8.58. The average molecular weight is 196 g/mol. The number of imidazole rings is 1. The maximum Gasteiger partial charge on any atom is 0.216 e. The van der Waals surface area contributed by atoms with Crippen LogP contribution in [0.25, 0.3) is 0 Å². The van der Waals surface area contributed by atoms with Crippen molar-refractivity contribution >= 4 is 5.91 Å². The van der Waals surface area contributed by atoms with Gasteiger partial charge in [0.2, 0.25) is 5.91 Å². The molecule has 5 heteroatoms. The van der Waals surface area contributed by atoms with E-state index in [2.05, 4.69) is 15.6 Å². The van der Waals surface area contributed by atoms with E-state index in [9.17, 15) is 4.79 Å².